The molecule has 0 aliphatic heterocycles. The van der Waals surface area contributed by atoms with Crippen LogP contribution in [0.5, 0.6) is 0 Å². The maximum atomic E-state index is 5.25. The van der Waals surface area contributed by atoms with E-state index in [9.17, 15) is 0 Å². The van der Waals surface area contributed by atoms with E-state index in [2.05, 4.69) is 4.99 Å². The molecule has 0 amide bonds. The van der Waals surface area contributed by atoms with Crippen LogP contribution in [0.15, 0.2) is 4.99 Å². The molecule has 0 saturated carbocycles. The number of halogens is 1. The van der Waals surface area contributed by atoms with Gasteiger partial charge in [-0.2, -0.15) is 0 Å². The Balaban J connectivity index is 3.29. The minimum atomic E-state index is 0.277. The van der Waals surface area contributed by atoms with E-state index in [1.165, 1.54) is 0 Å². The quantitative estimate of drug-likeness (QED) is 0.251. The number of hydrogen-bond acceptors (Lipinski definition) is 1. The van der Waals surface area contributed by atoms with Gasteiger partial charge in [-0.25, -0.2) is 0 Å². The molecule has 0 radical (unpaired) electrons. The topological polar surface area (TPSA) is 38.4 Å². The van der Waals surface area contributed by atoms with Gasteiger partial charge in [0.05, 0.1) is 5.84 Å². The lowest BCUT2D eigenvalue weighted by Crippen LogP contribution is -2.09. The fraction of sp³-hybridized carbons (Fsp3) is 0.750. The van der Waals surface area contributed by atoms with E-state index in [0.29, 0.717) is 5.84 Å². The third-order valence-electron chi connectivity index (χ3n) is 0.625. The molecule has 7 heavy (non-hydrogen) atoms. The fourth-order valence-electron chi connectivity index (χ4n) is 0.189. The van der Waals surface area contributed by atoms with E-state index < -0.39 is 0 Å². The zero-order valence-corrected chi connectivity index (χ0v) is 5.07. The summed E-state index contributed by atoms with van der Waals surface area (Å²) in [5, 5.41) is 0. The van der Waals surface area contributed by atoms with Crippen LogP contribution < -0.4 is 5.73 Å². The summed E-state index contributed by atoms with van der Waals surface area (Å²) in [6.07, 6.45) is 0.784. The average molecular weight is 121 g/mol. The Morgan fingerprint density at radius 1 is 1.86 bits per heavy atom. The van der Waals surface area contributed by atoms with Crippen molar-refractivity contribution in [3.8, 4) is 0 Å². The van der Waals surface area contributed by atoms with E-state index >= 15 is 0 Å². The zero-order chi connectivity index (χ0) is 5.70. The Labute approximate surface area is 48.4 Å². The Morgan fingerprint density at radius 2 is 2.43 bits per heavy atom. The molecular formula is C4H9ClN2. The first-order chi connectivity index (χ1) is 3.31. The molecule has 2 N–H and O–H groups in total. The summed E-state index contributed by atoms with van der Waals surface area (Å²) >= 11 is 5.21. The highest BCUT2D eigenvalue weighted by Crippen LogP contribution is 1.79. The molecule has 42 valence electrons. The maximum Gasteiger partial charge on any atom is 0.115 e. The van der Waals surface area contributed by atoms with Crippen molar-refractivity contribution in [2.45, 2.75) is 13.3 Å². The summed E-state index contributed by atoms with van der Waals surface area (Å²) in [4.78, 5) is 3.70. The van der Waals surface area contributed by atoms with Gasteiger partial charge in [-0.3, -0.25) is 4.99 Å². The molecule has 0 spiro atoms. The standard InChI is InChI=1S/C4H9ClN2/c1-2-4(6)7-3-5/h2-3H2,1H3,(H2,6,7). The normalized spacial score (nSPS) is 12.0. The van der Waals surface area contributed by atoms with Crippen molar-refractivity contribution in [1.29, 1.82) is 0 Å². The fourth-order valence-corrected chi connectivity index (χ4v) is 0.342. The number of nitrogens with two attached hydrogens (primary N) is 1. The largest absolute Gasteiger partial charge is 0.387 e. The number of amidine groups is 1. The highest BCUT2D eigenvalue weighted by molar-refractivity contribution is 6.18. The van der Waals surface area contributed by atoms with Gasteiger partial charge in [0.25, 0.3) is 0 Å². The molecule has 0 aliphatic carbocycles. The molecule has 0 aromatic heterocycles. The Morgan fingerprint density at radius 3 is 2.57 bits per heavy atom. The maximum absolute atomic E-state index is 5.25. The minimum absolute atomic E-state index is 0.277. The molecule has 0 aliphatic rings. The van der Waals surface area contributed by atoms with Crippen LogP contribution in [-0.2, 0) is 0 Å². The van der Waals surface area contributed by atoms with Crippen LogP contribution in [0.4, 0.5) is 0 Å². The predicted molar refractivity (Wildman–Crippen MR) is 32.6 cm³/mol. The summed E-state index contributed by atoms with van der Waals surface area (Å²) < 4.78 is 0. The first-order valence-corrected chi connectivity index (χ1v) is 2.69. The molecule has 0 atom stereocenters. The van der Waals surface area contributed by atoms with E-state index in [0.717, 1.165) is 6.42 Å². The first kappa shape index (κ1) is 6.76. The summed E-state index contributed by atoms with van der Waals surface area (Å²) in [7, 11) is 0. The summed E-state index contributed by atoms with van der Waals surface area (Å²) in [6, 6.07) is 0.277. The van der Waals surface area contributed by atoms with Crippen LogP contribution in [0.1, 0.15) is 13.3 Å². The van der Waals surface area contributed by atoms with Gasteiger partial charge in [0, 0.05) is 6.42 Å². The lowest BCUT2D eigenvalue weighted by Gasteiger charge is -1.87. The predicted octanol–water partition coefficient (Wildman–Crippen LogP) is 0.950. The molecule has 0 heterocycles. The molecule has 0 fully saturated rings. The Bertz CT molecular complexity index is 70.1. The first-order valence-electron chi connectivity index (χ1n) is 2.16. The summed E-state index contributed by atoms with van der Waals surface area (Å²) in [5.74, 6) is 0.620. The van der Waals surface area contributed by atoms with Crippen LogP contribution >= 0.6 is 11.6 Å². The molecule has 0 saturated heterocycles. The minimum Gasteiger partial charge on any atom is -0.387 e. The van der Waals surface area contributed by atoms with E-state index in [-0.39, 0.29) is 6.00 Å². The second-order valence-electron chi connectivity index (χ2n) is 1.12. The van der Waals surface area contributed by atoms with Gasteiger partial charge >= 0.3 is 0 Å². The number of alkyl halides is 1. The average Bonchev–Trinajstić information content (AvgIpc) is 1.68. The number of rotatable bonds is 2. The molecule has 0 rings (SSSR count). The number of nitrogens with zero attached hydrogens (tertiary/aromatic N) is 1. The van der Waals surface area contributed by atoms with Crippen LogP contribution in [0.25, 0.3) is 0 Å². The molecule has 0 unspecified atom stereocenters. The smallest absolute Gasteiger partial charge is 0.115 e. The van der Waals surface area contributed by atoms with Crippen LogP contribution in [0, 0.1) is 0 Å². The highest BCUT2D eigenvalue weighted by atomic mass is 35.5. The van der Waals surface area contributed by atoms with Crippen molar-refractivity contribution in [2.24, 2.45) is 10.7 Å². The summed E-state index contributed by atoms with van der Waals surface area (Å²) in [6.45, 7) is 1.94. The second-order valence-corrected chi connectivity index (χ2v) is 1.36. The lowest BCUT2D eigenvalue weighted by molar-refractivity contribution is 1.20. The third kappa shape index (κ3) is 3.59. The van der Waals surface area contributed by atoms with Gasteiger partial charge < -0.3 is 5.73 Å². The Hall–Kier alpha value is -0.240. The van der Waals surface area contributed by atoms with Crippen molar-refractivity contribution in [3.63, 3.8) is 0 Å². The van der Waals surface area contributed by atoms with Crippen molar-refractivity contribution < 1.29 is 0 Å². The van der Waals surface area contributed by atoms with Gasteiger partial charge in [0.2, 0.25) is 0 Å². The van der Waals surface area contributed by atoms with Crippen LogP contribution in [-0.4, -0.2) is 11.8 Å². The van der Waals surface area contributed by atoms with Crippen LogP contribution in [0.3, 0.4) is 0 Å². The second kappa shape index (κ2) is 3.93. The van der Waals surface area contributed by atoms with Gasteiger partial charge in [-0.05, 0) is 0 Å². The van der Waals surface area contributed by atoms with Crippen molar-refractivity contribution in [3.05, 3.63) is 0 Å². The molecular weight excluding hydrogens is 112 g/mol. The van der Waals surface area contributed by atoms with Crippen molar-refractivity contribution in [1.82, 2.24) is 0 Å². The van der Waals surface area contributed by atoms with Crippen LogP contribution in [0.2, 0.25) is 0 Å². The van der Waals surface area contributed by atoms with Crippen molar-refractivity contribution >= 4 is 17.4 Å². The van der Waals surface area contributed by atoms with Gasteiger partial charge in [0.15, 0.2) is 0 Å². The lowest BCUT2D eigenvalue weighted by atomic mass is 10.5. The SMILES string of the molecule is CC/C(N)=N\CCl. The molecule has 0 bridgehead atoms. The molecule has 0 aromatic rings. The van der Waals surface area contributed by atoms with Gasteiger partial charge in [-0.15, -0.1) is 11.6 Å². The van der Waals surface area contributed by atoms with Crippen molar-refractivity contribution in [2.75, 3.05) is 6.00 Å². The Kier molecular flexibility index (Phi) is 3.80. The van der Waals surface area contributed by atoms with E-state index in [1.54, 1.807) is 0 Å². The number of aliphatic imine (C=N–C) groups is 1. The van der Waals surface area contributed by atoms with E-state index in [4.69, 9.17) is 17.3 Å². The monoisotopic (exact) mass is 120 g/mol. The molecule has 0 aromatic carbocycles. The zero-order valence-electron chi connectivity index (χ0n) is 4.32. The highest BCUT2D eigenvalue weighted by Gasteiger charge is 1.79. The molecule has 3 heteroatoms. The number of hydrogen-bond donors (Lipinski definition) is 1. The van der Waals surface area contributed by atoms with Gasteiger partial charge in [0.1, 0.15) is 6.00 Å². The van der Waals surface area contributed by atoms with E-state index in [1.807, 2.05) is 6.92 Å². The molecule has 2 nitrogen and oxygen atoms in total. The van der Waals surface area contributed by atoms with Gasteiger partial charge in [-0.1, -0.05) is 6.92 Å². The third-order valence-corrected chi connectivity index (χ3v) is 0.745. The summed E-state index contributed by atoms with van der Waals surface area (Å²) in [5.41, 5.74) is 5.25.